The predicted molar refractivity (Wildman–Crippen MR) is 74.1 cm³/mol. The quantitative estimate of drug-likeness (QED) is 0.767. The third-order valence-electron chi connectivity index (χ3n) is 3.32. The van der Waals surface area contributed by atoms with Crippen LogP contribution in [0.5, 0.6) is 5.75 Å². The molecule has 2 N–H and O–H groups in total. The molecule has 2 unspecified atom stereocenters. The Morgan fingerprint density at radius 1 is 1.38 bits per heavy atom. The van der Waals surface area contributed by atoms with E-state index in [9.17, 15) is 31.2 Å². The summed E-state index contributed by atoms with van der Waals surface area (Å²) < 4.78 is 66.1. The Kier molecular flexibility index (Phi) is 4.74. The molecule has 1 fully saturated rings. The van der Waals surface area contributed by atoms with Crippen molar-refractivity contribution in [3.63, 3.8) is 0 Å². The Morgan fingerprint density at radius 3 is 2.58 bits per heavy atom. The number of carbonyl (C=O) groups excluding carboxylic acids is 2. The normalized spacial score (nSPS) is 21.2. The number of halogens is 3. The Morgan fingerprint density at radius 2 is 2.04 bits per heavy atom. The van der Waals surface area contributed by atoms with Crippen molar-refractivity contribution < 1.29 is 35.9 Å². The van der Waals surface area contributed by atoms with Crippen LogP contribution in [0.3, 0.4) is 0 Å². The second kappa shape index (κ2) is 6.30. The highest BCUT2D eigenvalue weighted by Gasteiger charge is 2.39. The van der Waals surface area contributed by atoms with Gasteiger partial charge in [-0.3, -0.25) is 9.59 Å². The van der Waals surface area contributed by atoms with Crippen molar-refractivity contribution in [3.8, 4) is 5.75 Å². The molecule has 1 aliphatic rings. The molecule has 0 aliphatic carbocycles. The molecular formula is C13H13F3N2O5S. The first-order valence-electron chi connectivity index (χ1n) is 6.70. The number of sulfonamides is 1. The van der Waals surface area contributed by atoms with Gasteiger partial charge in [0.25, 0.3) is 10.0 Å². The lowest BCUT2D eigenvalue weighted by Gasteiger charge is -2.14. The number of hydrogen-bond donors (Lipinski definition) is 2. The molecule has 2 atom stereocenters. The summed E-state index contributed by atoms with van der Waals surface area (Å²) in [5.74, 6) is -3.99. The Balaban J connectivity index is 2.20. The van der Waals surface area contributed by atoms with Gasteiger partial charge in [-0.2, -0.15) is 0 Å². The van der Waals surface area contributed by atoms with Gasteiger partial charge >= 0.3 is 6.36 Å². The second-order valence-corrected chi connectivity index (χ2v) is 6.87. The van der Waals surface area contributed by atoms with Gasteiger partial charge in [0, 0.05) is 12.6 Å². The van der Waals surface area contributed by atoms with E-state index in [4.69, 9.17) is 0 Å². The van der Waals surface area contributed by atoms with Crippen LogP contribution in [-0.4, -0.2) is 33.1 Å². The molecule has 7 nitrogen and oxygen atoms in total. The molecule has 11 heteroatoms. The maximum atomic E-state index is 12.2. The number of nitrogens with one attached hydrogen (secondary N) is 2. The summed E-state index contributed by atoms with van der Waals surface area (Å²) in [5, 5.41) is 2.42. The molecule has 1 aromatic carbocycles. The fourth-order valence-corrected chi connectivity index (χ4v) is 3.26. The lowest BCUT2D eigenvalue weighted by molar-refractivity contribution is -0.274. The van der Waals surface area contributed by atoms with E-state index in [-0.39, 0.29) is 6.54 Å². The van der Waals surface area contributed by atoms with Gasteiger partial charge in [0.1, 0.15) is 11.7 Å². The Hall–Kier alpha value is -2.30. The van der Waals surface area contributed by atoms with E-state index in [0.29, 0.717) is 6.07 Å². The summed E-state index contributed by atoms with van der Waals surface area (Å²) in [6.07, 6.45) is -4.98. The van der Waals surface area contributed by atoms with Crippen LogP contribution < -0.4 is 14.8 Å². The molecule has 2 amide bonds. The standard InChI is InChI=1S/C13H13F3N2O5S/c1-7-6-17-11(19)10(7)12(20)18-24(21,22)9-4-2-3-8(5-9)23-13(14,15)16/h2-5,7,10H,6H2,1H3,(H,17,19)(H,18,20). The number of amides is 2. The minimum absolute atomic E-state index is 0.228. The zero-order chi connectivity index (χ0) is 18.1. The summed E-state index contributed by atoms with van der Waals surface area (Å²) >= 11 is 0. The first kappa shape index (κ1) is 18.0. The van der Waals surface area contributed by atoms with Crippen LogP contribution in [-0.2, 0) is 19.6 Å². The summed E-state index contributed by atoms with van der Waals surface area (Å²) in [4.78, 5) is 23.0. The molecule has 0 bridgehead atoms. The van der Waals surface area contributed by atoms with Gasteiger partial charge in [-0.05, 0) is 18.1 Å². The molecule has 1 aromatic rings. The summed E-state index contributed by atoms with van der Waals surface area (Å²) in [7, 11) is -4.45. The lowest BCUT2D eigenvalue weighted by Crippen LogP contribution is -2.40. The number of rotatable bonds is 4. The molecule has 132 valence electrons. The molecule has 0 spiro atoms. The minimum atomic E-state index is -4.98. The summed E-state index contributed by atoms with van der Waals surface area (Å²) in [6.45, 7) is 1.82. The van der Waals surface area contributed by atoms with Gasteiger partial charge in [-0.25, -0.2) is 13.1 Å². The van der Waals surface area contributed by atoms with Crippen molar-refractivity contribution in [2.75, 3.05) is 6.54 Å². The van der Waals surface area contributed by atoms with Crippen molar-refractivity contribution in [3.05, 3.63) is 24.3 Å². The molecular weight excluding hydrogens is 353 g/mol. The van der Waals surface area contributed by atoms with Gasteiger partial charge < -0.3 is 10.1 Å². The highest BCUT2D eigenvalue weighted by atomic mass is 32.2. The fraction of sp³-hybridized carbons (Fsp3) is 0.385. The van der Waals surface area contributed by atoms with E-state index in [1.165, 1.54) is 0 Å². The highest BCUT2D eigenvalue weighted by Crippen LogP contribution is 2.25. The van der Waals surface area contributed by atoms with Crippen molar-refractivity contribution >= 4 is 21.8 Å². The van der Waals surface area contributed by atoms with Crippen LogP contribution in [0.1, 0.15) is 6.92 Å². The zero-order valence-electron chi connectivity index (χ0n) is 12.3. The van der Waals surface area contributed by atoms with Crippen molar-refractivity contribution in [1.82, 2.24) is 10.0 Å². The van der Waals surface area contributed by atoms with Crippen molar-refractivity contribution in [2.45, 2.75) is 18.2 Å². The smallest absolute Gasteiger partial charge is 0.406 e. The fourth-order valence-electron chi connectivity index (χ4n) is 2.22. The number of hydrogen-bond acceptors (Lipinski definition) is 5. The first-order valence-corrected chi connectivity index (χ1v) is 8.18. The largest absolute Gasteiger partial charge is 0.573 e. The van der Waals surface area contributed by atoms with Crippen LogP contribution in [0, 0.1) is 11.8 Å². The van der Waals surface area contributed by atoms with Crippen molar-refractivity contribution in [1.29, 1.82) is 0 Å². The maximum absolute atomic E-state index is 12.2. The van der Waals surface area contributed by atoms with Gasteiger partial charge in [0.05, 0.1) is 4.90 Å². The highest BCUT2D eigenvalue weighted by molar-refractivity contribution is 7.90. The van der Waals surface area contributed by atoms with Crippen LogP contribution in [0.4, 0.5) is 13.2 Å². The molecule has 1 heterocycles. The van der Waals surface area contributed by atoms with Crippen LogP contribution >= 0.6 is 0 Å². The second-order valence-electron chi connectivity index (χ2n) is 5.19. The Bertz CT molecular complexity index is 763. The van der Waals surface area contributed by atoms with Gasteiger partial charge in [0.15, 0.2) is 0 Å². The first-order chi connectivity index (χ1) is 11.0. The van der Waals surface area contributed by atoms with E-state index in [0.717, 1.165) is 18.2 Å². The maximum Gasteiger partial charge on any atom is 0.573 e. The minimum Gasteiger partial charge on any atom is -0.406 e. The average Bonchev–Trinajstić information content (AvgIpc) is 2.76. The summed E-state index contributed by atoms with van der Waals surface area (Å²) in [6, 6.07) is 3.57. The van der Waals surface area contributed by atoms with Gasteiger partial charge in [0.2, 0.25) is 11.8 Å². The van der Waals surface area contributed by atoms with E-state index in [1.807, 2.05) is 0 Å². The topological polar surface area (TPSA) is 102 Å². The number of carbonyl (C=O) groups is 2. The molecule has 0 aromatic heterocycles. The van der Waals surface area contributed by atoms with Gasteiger partial charge in [-0.1, -0.05) is 13.0 Å². The van der Waals surface area contributed by atoms with Crippen LogP contribution in [0.25, 0.3) is 0 Å². The third-order valence-corrected chi connectivity index (χ3v) is 4.66. The molecule has 24 heavy (non-hydrogen) atoms. The van der Waals surface area contributed by atoms with E-state index in [1.54, 1.807) is 11.6 Å². The van der Waals surface area contributed by atoms with Gasteiger partial charge in [-0.15, -0.1) is 13.2 Å². The average molecular weight is 366 g/mol. The lowest BCUT2D eigenvalue weighted by atomic mass is 9.97. The number of benzene rings is 1. The molecule has 0 saturated carbocycles. The third kappa shape index (κ3) is 4.16. The predicted octanol–water partition coefficient (Wildman–Crippen LogP) is 0.772. The van der Waals surface area contributed by atoms with E-state index in [2.05, 4.69) is 10.1 Å². The molecule has 0 radical (unpaired) electrons. The molecule has 1 saturated heterocycles. The zero-order valence-corrected chi connectivity index (χ0v) is 13.1. The van der Waals surface area contributed by atoms with Crippen LogP contribution in [0.2, 0.25) is 0 Å². The van der Waals surface area contributed by atoms with E-state index >= 15 is 0 Å². The summed E-state index contributed by atoms with van der Waals surface area (Å²) in [5.41, 5.74) is 0. The van der Waals surface area contributed by atoms with Crippen LogP contribution in [0.15, 0.2) is 29.2 Å². The number of alkyl halides is 3. The monoisotopic (exact) mass is 366 g/mol. The number of ether oxygens (including phenoxy) is 1. The molecule has 2 rings (SSSR count). The SMILES string of the molecule is CC1CNC(=O)C1C(=O)NS(=O)(=O)c1cccc(OC(F)(F)F)c1. The molecule has 1 aliphatic heterocycles. The van der Waals surface area contributed by atoms with E-state index < -0.39 is 50.7 Å². The van der Waals surface area contributed by atoms with Crippen molar-refractivity contribution in [2.24, 2.45) is 11.8 Å². The Labute approximate surface area is 135 Å².